The minimum Gasteiger partial charge on any atom is -0.0914 e. The summed E-state index contributed by atoms with van der Waals surface area (Å²) in [6.07, 6.45) is 2.25. The molecule has 0 fully saturated rings. The molecule has 0 nitrogen and oxygen atoms in total. The Kier molecular flexibility index (Phi) is 6.94. The largest absolute Gasteiger partial charge is 0.171 e. The molecule has 0 heterocycles. The first-order chi connectivity index (χ1) is 5.35. The highest BCUT2D eigenvalue weighted by Crippen LogP contribution is 2.70. The first kappa shape index (κ1) is 13.6. The maximum Gasteiger partial charge on any atom is 0.171 e. The monoisotopic (exact) mass is 264 g/mol. The van der Waals surface area contributed by atoms with E-state index in [0.717, 1.165) is 12.8 Å². The lowest BCUT2D eigenvalue weighted by Gasteiger charge is -2.18. The van der Waals surface area contributed by atoms with Crippen LogP contribution in [-0.2, 0) is 11.8 Å². The summed E-state index contributed by atoms with van der Waals surface area (Å²) >= 11 is 18.3. The van der Waals surface area contributed by atoms with E-state index in [0.29, 0.717) is 11.2 Å². The van der Waals surface area contributed by atoms with Crippen molar-refractivity contribution in [3.8, 4) is 0 Å². The van der Waals surface area contributed by atoms with Gasteiger partial charge in [0.05, 0.1) is 0 Å². The summed E-state index contributed by atoms with van der Waals surface area (Å²) in [6.45, 7) is 6.56. The summed E-state index contributed by atoms with van der Waals surface area (Å²) in [7, 11) is 0. The fraction of sp³-hybridized carbons (Fsp3) is 1.00. The lowest BCUT2D eigenvalue weighted by atomic mass is 10.1. The molecule has 5 heteroatoms. The molecule has 1 atom stereocenters. The van der Waals surface area contributed by atoms with Gasteiger partial charge in [0.1, 0.15) is 0 Å². The molecular formula is C7H15Cl2PS2. The molecule has 0 aromatic carbocycles. The van der Waals surface area contributed by atoms with Crippen molar-refractivity contribution in [3.63, 3.8) is 0 Å². The Morgan fingerprint density at radius 2 is 1.92 bits per heavy atom. The van der Waals surface area contributed by atoms with Crippen LogP contribution in [0.15, 0.2) is 0 Å². The van der Waals surface area contributed by atoms with Gasteiger partial charge >= 0.3 is 0 Å². The minimum absolute atomic E-state index is 0.533. The highest BCUT2D eigenvalue weighted by Gasteiger charge is 2.17. The standard InChI is InChI=1S/C7H15Cl2PS2/c1-4-7(5-6(2)3)12-10(8,9)11/h6-7H,4-5H2,1-3H3. The zero-order valence-corrected chi connectivity index (χ0v) is 11.6. The van der Waals surface area contributed by atoms with Crippen LogP contribution in [0, 0.1) is 5.92 Å². The molecular weight excluding hydrogens is 250 g/mol. The van der Waals surface area contributed by atoms with Crippen molar-refractivity contribution in [1.82, 2.24) is 0 Å². The Bertz CT molecular complexity index is 167. The van der Waals surface area contributed by atoms with E-state index in [2.05, 4.69) is 20.8 Å². The van der Waals surface area contributed by atoms with E-state index in [1.807, 2.05) is 0 Å². The minimum atomic E-state index is -2.10. The van der Waals surface area contributed by atoms with E-state index in [-0.39, 0.29) is 0 Å². The Morgan fingerprint density at radius 3 is 2.17 bits per heavy atom. The van der Waals surface area contributed by atoms with E-state index in [1.54, 1.807) is 11.4 Å². The van der Waals surface area contributed by atoms with Crippen LogP contribution in [0.5, 0.6) is 0 Å². The Labute approximate surface area is 94.1 Å². The van der Waals surface area contributed by atoms with Gasteiger partial charge in [-0.3, -0.25) is 0 Å². The van der Waals surface area contributed by atoms with Crippen LogP contribution in [0.4, 0.5) is 0 Å². The van der Waals surface area contributed by atoms with E-state index in [1.165, 1.54) is 0 Å². The second-order valence-electron chi connectivity index (χ2n) is 3.18. The average Bonchev–Trinajstić information content (AvgIpc) is 1.82. The second-order valence-corrected chi connectivity index (χ2v) is 15.5. The molecule has 0 aromatic heterocycles. The van der Waals surface area contributed by atoms with Gasteiger partial charge in [-0.25, -0.2) is 0 Å². The van der Waals surface area contributed by atoms with Crippen LogP contribution in [0.1, 0.15) is 33.6 Å². The number of halogens is 2. The third kappa shape index (κ3) is 8.19. The van der Waals surface area contributed by atoms with Crippen molar-refractivity contribution in [2.75, 3.05) is 0 Å². The molecule has 0 bridgehead atoms. The number of hydrogen-bond acceptors (Lipinski definition) is 2. The quantitative estimate of drug-likeness (QED) is 0.623. The van der Waals surface area contributed by atoms with Crippen LogP contribution >= 0.6 is 37.8 Å². The molecule has 74 valence electrons. The van der Waals surface area contributed by atoms with Gasteiger partial charge in [-0.15, -0.1) is 0 Å². The molecule has 0 aliphatic carbocycles. The SMILES string of the molecule is CCC(CC(C)C)SP(=S)(Cl)Cl. The maximum absolute atomic E-state index is 5.84. The average molecular weight is 265 g/mol. The van der Waals surface area contributed by atoms with Crippen molar-refractivity contribution >= 4 is 49.6 Å². The zero-order chi connectivity index (χ0) is 9.78. The molecule has 0 aliphatic rings. The number of rotatable bonds is 5. The maximum atomic E-state index is 5.84. The third-order valence-electron chi connectivity index (χ3n) is 1.46. The Morgan fingerprint density at radius 1 is 1.42 bits per heavy atom. The molecule has 0 saturated heterocycles. The summed E-state index contributed by atoms with van der Waals surface area (Å²) < 4.78 is -2.10. The molecule has 0 radical (unpaired) electrons. The van der Waals surface area contributed by atoms with Gasteiger partial charge in [-0.2, -0.15) is 0 Å². The van der Waals surface area contributed by atoms with Crippen LogP contribution in [0.25, 0.3) is 0 Å². The van der Waals surface area contributed by atoms with Crippen molar-refractivity contribution in [1.29, 1.82) is 0 Å². The van der Waals surface area contributed by atoms with Crippen LogP contribution < -0.4 is 0 Å². The van der Waals surface area contributed by atoms with Gasteiger partial charge in [0, 0.05) is 5.25 Å². The normalized spacial score (nSPS) is 15.2. The molecule has 0 N–H and O–H groups in total. The van der Waals surface area contributed by atoms with Crippen LogP contribution in [-0.4, -0.2) is 5.25 Å². The molecule has 0 aliphatic heterocycles. The molecule has 0 amide bonds. The smallest absolute Gasteiger partial charge is 0.0914 e. The molecule has 0 saturated carbocycles. The van der Waals surface area contributed by atoms with Gasteiger partial charge in [0.2, 0.25) is 0 Å². The predicted octanol–water partition coefficient (Wildman–Crippen LogP) is 5.25. The van der Waals surface area contributed by atoms with E-state index < -0.39 is 3.95 Å². The summed E-state index contributed by atoms with van der Waals surface area (Å²) in [5.74, 6) is 0.692. The highest BCUT2D eigenvalue weighted by atomic mass is 35.9. The van der Waals surface area contributed by atoms with Crippen molar-refractivity contribution in [3.05, 3.63) is 0 Å². The Hall–Kier alpha value is 1.58. The first-order valence-electron chi connectivity index (χ1n) is 4.03. The summed E-state index contributed by atoms with van der Waals surface area (Å²) in [5, 5.41) is 0.533. The van der Waals surface area contributed by atoms with Gasteiger partial charge < -0.3 is 0 Å². The summed E-state index contributed by atoms with van der Waals surface area (Å²) in [6, 6.07) is 0. The number of hydrogen-bond donors (Lipinski definition) is 0. The van der Waals surface area contributed by atoms with Crippen molar-refractivity contribution < 1.29 is 0 Å². The molecule has 0 spiro atoms. The first-order valence-corrected chi connectivity index (χ1v) is 10.1. The van der Waals surface area contributed by atoms with E-state index >= 15 is 0 Å². The lowest BCUT2D eigenvalue weighted by Crippen LogP contribution is -2.03. The fourth-order valence-electron chi connectivity index (χ4n) is 0.984. The Balaban J connectivity index is 3.92. The van der Waals surface area contributed by atoms with Crippen LogP contribution in [0.3, 0.4) is 0 Å². The topological polar surface area (TPSA) is 0 Å². The zero-order valence-electron chi connectivity index (χ0n) is 7.59. The van der Waals surface area contributed by atoms with Crippen LogP contribution in [0.2, 0.25) is 0 Å². The van der Waals surface area contributed by atoms with Gasteiger partial charge in [0.15, 0.2) is 3.95 Å². The molecule has 1 unspecified atom stereocenters. The summed E-state index contributed by atoms with van der Waals surface area (Å²) in [5.41, 5.74) is 0. The molecule has 12 heavy (non-hydrogen) atoms. The van der Waals surface area contributed by atoms with E-state index in [9.17, 15) is 0 Å². The fourth-order valence-corrected chi connectivity index (χ4v) is 6.82. The molecule has 0 rings (SSSR count). The van der Waals surface area contributed by atoms with Gasteiger partial charge in [-0.05, 0) is 18.8 Å². The van der Waals surface area contributed by atoms with Gasteiger partial charge in [-0.1, -0.05) is 66.4 Å². The second kappa shape index (κ2) is 6.14. The predicted molar refractivity (Wildman–Crippen MR) is 67.1 cm³/mol. The van der Waals surface area contributed by atoms with Crippen molar-refractivity contribution in [2.24, 2.45) is 5.92 Å². The van der Waals surface area contributed by atoms with Crippen molar-refractivity contribution in [2.45, 2.75) is 38.9 Å². The molecule has 0 aromatic rings. The summed E-state index contributed by atoms with van der Waals surface area (Å²) in [4.78, 5) is 0. The van der Waals surface area contributed by atoms with E-state index in [4.69, 9.17) is 34.3 Å². The highest BCUT2D eigenvalue weighted by molar-refractivity contribution is 8.85. The van der Waals surface area contributed by atoms with Gasteiger partial charge in [0.25, 0.3) is 0 Å². The third-order valence-corrected chi connectivity index (χ3v) is 6.37. The lowest BCUT2D eigenvalue weighted by molar-refractivity contribution is 0.562.